The lowest BCUT2D eigenvalue weighted by atomic mass is 9.89. The van der Waals surface area contributed by atoms with Gasteiger partial charge in [-0.3, -0.25) is 9.59 Å². The summed E-state index contributed by atoms with van der Waals surface area (Å²) in [6, 6.07) is 7.96. The van der Waals surface area contributed by atoms with E-state index in [1.807, 2.05) is 0 Å². The number of hydrogen-bond acceptors (Lipinski definition) is 11. The molecule has 0 radical (unpaired) electrons. The van der Waals surface area contributed by atoms with Crippen molar-refractivity contribution >= 4 is 16.9 Å². The van der Waals surface area contributed by atoms with Crippen molar-refractivity contribution in [3.63, 3.8) is 0 Å². The molecule has 2 unspecified atom stereocenters. The van der Waals surface area contributed by atoms with Crippen molar-refractivity contribution in [3.8, 4) is 28.6 Å². The van der Waals surface area contributed by atoms with E-state index < -0.39 is 65.6 Å². The van der Waals surface area contributed by atoms with Crippen LogP contribution < -0.4 is 5.43 Å². The molecule has 180 valence electrons. The number of rotatable bonds is 4. The number of benzene rings is 2. The molecular formula is C23H22O11. The van der Waals surface area contributed by atoms with Crippen LogP contribution in [-0.2, 0) is 14.3 Å². The van der Waals surface area contributed by atoms with Gasteiger partial charge < -0.3 is 44.5 Å². The molecule has 0 spiro atoms. The van der Waals surface area contributed by atoms with E-state index in [1.54, 1.807) is 0 Å². The second kappa shape index (κ2) is 8.95. The number of ether oxygens (including phenoxy) is 2. The van der Waals surface area contributed by atoms with Gasteiger partial charge in [-0.1, -0.05) is 0 Å². The maximum Gasteiger partial charge on any atom is 0.302 e. The van der Waals surface area contributed by atoms with E-state index in [4.69, 9.17) is 13.9 Å². The standard InChI is InChI=1S/C23H22O11/c1-9(24)32-8-16-19(28)21(30)22(31)23(34-16)18-13(27)7-15-17(20(18)29)12(26)6-14(33-15)10-2-4-11(25)5-3-10/h2-7,16,19,21-23,25,27-31H,8H2,1H3/t16?,19-,21+,22?,23+/m1/s1. The summed E-state index contributed by atoms with van der Waals surface area (Å²) < 4.78 is 16.0. The van der Waals surface area contributed by atoms with Crippen LogP contribution in [0, 0.1) is 0 Å². The Hall–Kier alpha value is -3.64. The molecule has 4 rings (SSSR count). The summed E-state index contributed by atoms with van der Waals surface area (Å²) in [4.78, 5) is 24.0. The van der Waals surface area contributed by atoms with Gasteiger partial charge in [0.05, 0.1) is 5.56 Å². The van der Waals surface area contributed by atoms with Crippen LogP contribution in [0.4, 0.5) is 0 Å². The molecule has 0 amide bonds. The molecule has 1 saturated heterocycles. The third-order valence-corrected chi connectivity index (χ3v) is 5.61. The molecule has 1 fully saturated rings. The van der Waals surface area contributed by atoms with Gasteiger partial charge in [-0.05, 0) is 24.3 Å². The zero-order chi connectivity index (χ0) is 24.7. The molecule has 0 bridgehead atoms. The Bertz CT molecular complexity index is 1280. The minimum absolute atomic E-state index is 0.0113. The number of phenolic OH excluding ortho intramolecular Hbond substituents is 3. The van der Waals surface area contributed by atoms with Gasteiger partial charge in [-0.2, -0.15) is 0 Å². The van der Waals surface area contributed by atoms with Gasteiger partial charge in [0.15, 0.2) is 5.43 Å². The second-order valence-electron chi connectivity index (χ2n) is 7.92. The lowest BCUT2D eigenvalue weighted by Gasteiger charge is -2.40. The first-order chi connectivity index (χ1) is 16.1. The van der Waals surface area contributed by atoms with Crippen LogP contribution in [0.1, 0.15) is 18.6 Å². The third kappa shape index (κ3) is 4.17. The van der Waals surface area contributed by atoms with Crippen molar-refractivity contribution < 1.29 is 49.3 Å². The summed E-state index contributed by atoms with van der Waals surface area (Å²) in [7, 11) is 0. The van der Waals surface area contributed by atoms with Crippen molar-refractivity contribution in [1.82, 2.24) is 0 Å². The summed E-state index contributed by atoms with van der Waals surface area (Å²) in [5.41, 5.74) is -0.804. The summed E-state index contributed by atoms with van der Waals surface area (Å²) in [5, 5.41) is 61.5. The number of hydrogen-bond donors (Lipinski definition) is 6. The molecule has 2 aromatic carbocycles. The quantitative estimate of drug-likeness (QED) is 0.292. The van der Waals surface area contributed by atoms with E-state index in [-0.39, 0.29) is 22.5 Å². The number of carbonyl (C=O) groups excluding carboxylic acids is 1. The third-order valence-electron chi connectivity index (χ3n) is 5.61. The molecule has 3 aromatic rings. The van der Waals surface area contributed by atoms with Crippen molar-refractivity contribution in [1.29, 1.82) is 0 Å². The van der Waals surface area contributed by atoms with Gasteiger partial charge in [0, 0.05) is 24.6 Å². The van der Waals surface area contributed by atoms with Crippen LogP contribution in [0.2, 0.25) is 0 Å². The molecule has 5 atom stereocenters. The Labute approximate surface area is 191 Å². The van der Waals surface area contributed by atoms with Crippen LogP contribution in [0.15, 0.2) is 45.6 Å². The monoisotopic (exact) mass is 474 g/mol. The largest absolute Gasteiger partial charge is 0.508 e. The molecule has 1 aromatic heterocycles. The first-order valence-corrected chi connectivity index (χ1v) is 10.2. The SMILES string of the molecule is CC(=O)OCC1O[C@@H](c2c(O)cc3oc(-c4ccc(O)cc4)cc(=O)c3c2O)C(O)[C@@H](O)[C@@H]1O. The number of aromatic hydroxyl groups is 3. The Morgan fingerprint density at radius 3 is 2.32 bits per heavy atom. The molecule has 1 aliphatic heterocycles. The number of esters is 1. The topological polar surface area (TPSA) is 187 Å². The lowest BCUT2D eigenvalue weighted by Crippen LogP contribution is -2.55. The smallest absolute Gasteiger partial charge is 0.302 e. The zero-order valence-electron chi connectivity index (χ0n) is 17.8. The van der Waals surface area contributed by atoms with Crippen LogP contribution in [-0.4, -0.2) is 67.6 Å². The number of aliphatic hydroxyl groups is 3. The van der Waals surface area contributed by atoms with E-state index in [0.29, 0.717) is 5.56 Å². The van der Waals surface area contributed by atoms with Crippen LogP contribution in [0.5, 0.6) is 17.2 Å². The highest BCUT2D eigenvalue weighted by Gasteiger charge is 2.46. The van der Waals surface area contributed by atoms with Crippen molar-refractivity contribution in [2.75, 3.05) is 6.61 Å². The summed E-state index contributed by atoms with van der Waals surface area (Å²) in [6.07, 6.45) is -8.09. The molecule has 0 saturated carbocycles. The number of carbonyl (C=O) groups is 1. The van der Waals surface area contributed by atoms with Crippen LogP contribution in [0.3, 0.4) is 0 Å². The van der Waals surface area contributed by atoms with Crippen LogP contribution >= 0.6 is 0 Å². The summed E-state index contributed by atoms with van der Waals surface area (Å²) in [6.45, 7) is 0.661. The minimum Gasteiger partial charge on any atom is -0.508 e. The molecule has 2 heterocycles. The van der Waals surface area contributed by atoms with Gasteiger partial charge in [-0.15, -0.1) is 0 Å². The highest BCUT2D eigenvalue weighted by atomic mass is 16.6. The first kappa shape index (κ1) is 23.5. The average molecular weight is 474 g/mol. The molecule has 6 N–H and O–H groups in total. The second-order valence-corrected chi connectivity index (χ2v) is 7.92. The predicted octanol–water partition coefficient (Wildman–Crippen LogP) is 0.662. The maximum absolute atomic E-state index is 12.8. The highest BCUT2D eigenvalue weighted by Crippen LogP contribution is 2.44. The predicted molar refractivity (Wildman–Crippen MR) is 115 cm³/mol. The molecular weight excluding hydrogens is 452 g/mol. The van der Waals surface area contributed by atoms with Crippen molar-refractivity contribution in [2.24, 2.45) is 0 Å². The fourth-order valence-corrected chi connectivity index (χ4v) is 3.88. The highest BCUT2D eigenvalue weighted by molar-refractivity contribution is 5.88. The zero-order valence-corrected chi connectivity index (χ0v) is 17.8. The van der Waals surface area contributed by atoms with E-state index in [1.165, 1.54) is 24.3 Å². The van der Waals surface area contributed by atoms with Crippen molar-refractivity contribution in [2.45, 2.75) is 37.4 Å². The van der Waals surface area contributed by atoms with E-state index in [9.17, 15) is 40.2 Å². The molecule has 1 aliphatic rings. The maximum atomic E-state index is 12.8. The van der Waals surface area contributed by atoms with E-state index in [2.05, 4.69) is 0 Å². The summed E-state index contributed by atoms with van der Waals surface area (Å²) in [5.74, 6) is -1.92. The number of aliphatic hydroxyl groups excluding tert-OH is 3. The van der Waals surface area contributed by atoms with E-state index >= 15 is 0 Å². The normalized spacial score (nSPS) is 24.8. The Morgan fingerprint density at radius 2 is 1.68 bits per heavy atom. The fraction of sp³-hybridized carbons (Fsp3) is 0.304. The molecule has 34 heavy (non-hydrogen) atoms. The first-order valence-electron chi connectivity index (χ1n) is 10.2. The average Bonchev–Trinajstić information content (AvgIpc) is 2.78. The van der Waals surface area contributed by atoms with Gasteiger partial charge in [0.1, 0.15) is 71.1 Å². The Morgan fingerprint density at radius 1 is 1.00 bits per heavy atom. The van der Waals surface area contributed by atoms with Gasteiger partial charge in [-0.25, -0.2) is 0 Å². The fourth-order valence-electron chi connectivity index (χ4n) is 3.88. The van der Waals surface area contributed by atoms with E-state index in [0.717, 1.165) is 19.1 Å². The van der Waals surface area contributed by atoms with Gasteiger partial charge >= 0.3 is 5.97 Å². The number of phenols is 3. The minimum atomic E-state index is -1.80. The summed E-state index contributed by atoms with van der Waals surface area (Å²) >= 11 is 0. The molecule has 11 heteroatoms. The molecule has 11 nitrogen and oxygen atoms in total. The number of fused-ring (bicyclic) bond motifs is 1. The Kier molecular flexibility index (Phi) is 6.19. The van der Waals surface area contributed by atoms with Gasteiger partial charge in [0.25, 0.3) is 0 Å². The van der Waals surface area contributed by atoms with Crippen molar-refractivity contribution in [3.05, 3.63) is 52.2 Å². The van der Waals surface area contributed by atoms with Crippen LogP contribution in [0.25, 0.3) is 22.3 Å². The lowest BCUT2D eigenvalue weighted by molar-refractivity contribution is -0.234. The Balaban J connectivity index is 1.79. The van der Waals surface area contributed by atoms with Gasteiger partial charge in [0.2, 0.25) is 0 Å². The molecule has 0 aliphatic carbocycles.